The summed E-state index contributed by atoms with van der Waals surface area (Å²) < 4.78 is 4.68. The Hall–Kier alpha value is -6.88. The van der Waals surface area contributed by atoms with Gasteiger partial charge in [0.2, 0.25) is 0 Å². The second-order valence-electron chi connectivity index (χ2n) is 11.9. The van der Waals surface area contributed by atoms with Crippen molar-refractivity contribution in [3.05, 3.63) is 175 Å². The van der Waals surface area contributed by atoms with E-state index in [0.717, 1.165) is 77.2 Å². The monoisotopic (exact) mass is 610 g/mol. The number of nitrogens with zero attached hydrogens (tertiary/aromatic N) is 4. The molecule has 4 heteroatoms. The summed E-state index contributed by atoms with van der Waals surface area (Å²) in [6.45, 7) is 8.28. The topological polar surface area (TPSA) is 38.0 Å². The molecular formula is C44H26N4. The number of aromatic nitrogens is 2. The first kappa shape index (κ1) is 27.4. The molecule has 0 aliphatic heterocycles. The van der Waals surface area contributed by atoms with Crippen LogP contribution in [0.4, 0.5) is 5.69 Å². The van der Waals surface area contributed by atoms with Gasteiger partial charge < -0.3 is 9.13 Å². The van der Waals surface area contributed by atoms with Gasteiger partial charge in [-0.15, -0.1) is 0 Å². The molecule has 4 nitrogen and oxygen atoms in total. The Morgan fingerprint density at radius 3 is 1.46 bits per heavy atom. The largest absolute Gasteiger partial charge is 0.309 e. The molecule has 0 bridgehead atoms. The highest BCUT2D eigenvalue weighted by Crippen LogP contribution is 2.53. The molecule has 2 aromatic heterocycles. The van der Waals surface area contributed by atoms with Crippen LogP contribution in [0.2, 0.25) is 0 Å². The molecule has 0 radical (unpaired) electrons. The molecule has 0 aliphatic rings. The van der Waals surface area contributed by atoms with Crippen LogP contribution < -0.4 is 0 Å². The molecule has 0 saturated carbocycles. The molecule has 2 heterocycles. The molecule has 0 N–H and O–H groups in total. The third-order valence-electron chi connectivity index (χ3n) is 9.36. The fraction of sp³-hybridized carbons (Fsp3) is 0. The summed E-state index contributed by atoms with van der Waals surface area (Å²) in [5.41, 5.74) is 11.1. The molecule has 48 heavy (non-hydrogen) atoms. The van der Waals surface area contributed by atoms with E-state index in [1.54, 1.807) is 0 Å². The van der Waals surface area contributed by atoms with Gasteiger partial charge in [-0.25, -0.2) is 4.85 Å². The van der Waals surface area contributed by atoms with Crippen molar-refractivity contribution in [2.24, 2.45) is 0 Å². The zero-order chi connectivity index (χ0) is 32.2. The van der Waals surface area contributed by atoms with Crippen LogP contribution in [0.3, 0.4) is 0 Å². The minimum atomic E-state index is 0.590. The molecule has 0 atom stereocenters. The Morgan fingerprint density at radius 2 is 0.917 bits per heavy atom. The van der Waals surface area contributed by atoms with E-state index in [1.165, 1.54) is 0 Å². The fourth-order valence-electron chi connectivity index (χ4n) is 7.49. The number of nitriles is 1. The van der Waals surface area contributed by atoms with E-state index in [0.29, 0.717) is 11.3 Å². The predicted octanol–water partition coefficient (Wildman–Crippen LogP) is 11.6. The van der Waals surface area contributed by atoms with Crippen LogP contribution in [-0.4, -0.2) is 9.13 Å². The van der Waals surface area contributed by atoms with Gasteiger partial charge in [0.15, 0.2) is 5.69 Å². The lowest BCUT2D eigenvalue weighted by molar-refractivity contribution is 1.17. The lowest BCUT2D eigenvalue weighted by Gasteiger charge is -2.19. The highest BCUT2D eigenvalue weighted by atomic mass is 15.0. The standard InChI is InChI=1S/C44H26N4/c1-46-36-25-13-10-22-33(36)40-42-35-24-12-15-27-38(35)47(30-17-4-2-5-18-30)43(42)39(32-21-9-8-16-29(32)28-45)41-34-23-11-14-26-37(34)48(44(40)41)31-19-6-3-7-20-31/h2-27H. The number of benzene rings is 7. The van der Waals surface area contributed by atoms with Crippen molar-refractivity contribution in [3.63, 3.8) is 0 Å². The number of para-hydroxylation sites is 5. The summed E-state index contributed by atoms with van der Waals surface area (Å²) in [7, 11) is 0. The maximum Gasteiger partial charge on any atom is 0.195 e. The summed E-state index contributed by atoms with van der Waals surface area (Å²) in [4.78, 5) is 4.06. The van der Waals surface area contributed by atoms with Gasteiger partial charge in [0.1, 0.15) is 0 Å². The molecule has 9 aromatic rings. The normalized spacial score (nSPS) is 11.3. The Kier molecular flexibility index (Phi) is 6.22. The van der Waals surface area contributed by atoms with Gasteiger partial charge in [-0.3, -0.25) is 0 Å². The number of hydrogen-bond acceptors (Lipinski definition) is 1. The number of hydrogen-bond donors (Lipinski definition) is 0. The fourth-order valence-corrected chi connectivity index (χ4v) is 7.49. The molecular weight excluding hydrogens is 585 g/mol. The van der Waals surface area contributed by atoms with Gasteiger partial charge >= 0.3 is 0 Å². The third-order valence-corrected chi connectivity index (χ3v) is 9.36. The lowest BCUT2D eigenvalue weighted by Crippen LogP contribution is -2.00. The van der Waals surface area contributed by atoms with Crippen LogP contribution in [0, 0.1) is 17.9 Å². The van der Waals surface area contributed by atoms with Crippen LogP contribution in [0.15, 0.2) is 158 Å². The van der Waals surface area contributed by atoms with Crippen LogP contribution in [0.25, 0.3) is 82.1 Å². The zero-order valence-electron chi connectivity index (χ0n) is 25.8. The maximum atomic E-state index is 10.6. The Labute approximate surface area is 277 Å². The van der Waals surface area contributed by atoms with E-state index >= 15 is 0 Å². The molecule has 0 amide bonds. The quantitative estimate of drug-likeness (QED) is 0.183. The van der Waals surface area contributed by atoms with Crippen molar-refractivity contribution in [2.45, 2.75) is 0 Å². The predicted molar refractivity (Wildman–Crippen MR) is 197 cm³/mol. The summed E-state index contributed by atoms with van der Waals surface area (Å²) in [5, 5.41) is 14.8. The summed E-state index contributed by atoms with van der Waals surface area (Å²) in [5.74, 6) is 0. The van der Waals surface area contributed by atoms with Gasteiger partial charge in [-0.1, -0.05) is 115 Å². The Bertz CT molecular complexity index is 2590. The van der Waals surface area contributed by atoms with Crippen molar-refractivity contribution in [1.82, 2.24) is 9.13 Å². The maximum absolute atomic E-state index is 10.6. The molecule has 0 unspecified atom stereocenters. The number of rotatable bonds is 4. The molecule has 0 aliphatic carbocycles. The summed E-state index contributed by atoms with van der Waals surface area (Å²) in [6, 6.07) is 56.3. The van der Waals surface area contributed by atoms with Crippen molar-refractivity contribution in [2.75, 3.05) is 0 Å². The van der Waals surface area contributed by atoms with Crippen molar-refractivity contribution in [3.8, 4) is 39.7 Å². The summed E-state index contributed by atoms with van der Waals surface area (Å²) >= 11 is 0. The smallest absolute Gasteiger partial charge is 0.195 e. The van der Waals surface area contributed by atoms with E-state index < -0.39 is 0 Å². The second kappa shape index (κ2) is 10.9. The average molecular weight is 611 g/mol. The number of fused-ring (bicyclic) bond motifs is 6. The van der Waals surface area contributed by atoms with Gasteiger partial charge in [0, 0.05) is 49.6 Å². The third kappa shape index (κ3) is 3.88. The Balaban J connectivity index is 1.71. The molecule has 0 fully saturated rings. The second-order valence-corrected chi connectivity index (χ2v) is 11.9. The lowest BCUT2D eigenvalue weighted by atomic mass is 9.88. The van der Waals surface area contributed by atoms with Gasteiger partial charge in [0.05, 0.1) is 40.3 Å². The van der Waals surface area contributed by atoms with E-state index in [9.17, 15) is 5.26 Å². The SMILES string of the molecule is [C-]#[N+]c1ccccc1-c1c2c3ccccc3n(-c3ccccc3)c2c(-c2ccccc2C#N)c2c3ccccc3n(-c3ccccc3)c12. The highest BCUT2D eigenvalue weighted by Gasteiger charge is 2.30. The van der Waals surface area contributed by atoms with E-state index in [2.05, 4.69) is 129 Å². The molecule has 0 spiro atoms. The van der Waals surface area contributed by atoms with E-state index in [1.807, 2.05) is 48.5 Å². The first-order valence-electron chi connectivity index (χ1n) is 15.9. The van der Waals surface area contributed by atoms with Crippen molar-refractivity contribution < 1.29 is 0 Å². The van der Waals surface area contributed by atoms with Crippen molar-refractivity contribution in [1.29, 1.82) is 5.26 Å². The van der Waals surface area contributed by atoms with E-state index in [-0.39, 0.29) is 0 Å². The van der Waals surface area contributed by atoms with E-state index in [4.69, 9.17) is 6.57 Å². The highest BCUT2D eigenvalue weighted by molar-refractivity contribution is 6.33. The zero-order valence-corrected chi connectivity index (χ0v) is 25.8. The molecule has 7 aromatic carbocycles. The first-order chi connectivity index (χ1) is 23.8. The van der Waals surface area contributed by atoms with Gasteiger partial charge in [-0.05, 0) is 48.0 Å². The average Bonchev–Trinajstić information content (AvgIpc) is 3.68. The molecule has 222 valence electrons. The minimum Gasteiger partial charge on any atom is -0.309 e. The first-order valence-corrected chi connectivity index (χ1v) is 15.9. The van der Waals surface area contributed by atoms with Crippen molar-refractivity contribution >= 4 is 49.3 Å². The minimum absolute atomic E-state index is 0.590. The summed E-state index contributed by atoms with van der Waals surface area (Å²) in [6.07, 6.45) is 0. The van der Waals surface area contributed by atoms with Gasteiger partial charge in [0.25, 0.3) is 0 Å². The van der Waals surface area contributed by atoms with Crippen LogP contribution in [0.1, 0.15) is 5.56 Å². The van der Waals surface area contributed by atoms with Gasteiger partial charge in [-0.2, -0.15) is 5.26 Å². The molecule has 0 saturated heterocycles. The molecule has 9 rings (SSSR count). The van der Waals surface area contributed by atoms with Crippen LogP contribution in [0.5, 0.6) is 0 Å². The van der Waals surface area contributed by atoms with Crippen LogP contribution >= 0.6 is 0 Å². The van der Waals surface area contributed by atoms with Crippen LogP contribution in [-0.2, 0) is 0 Å². The Morgan fingerprint density at radius 1 is 0.479 bits per heavy atom.